The van der Waals surface area contributed by atoms with Gasteiger partial charge in [0.15, 0.2) is 0 Å². The van der Waals surface area contributed by atoms with Crippen LogP contribution in [0.2, 0.25) is 0 Å². The van der Waals surface area contributed by atoms with E-state index in [4.69, 9.17) is 4.74 Å². The second-order valence-electron chi connectivity index (χ2n) is 5.26. The van der Waals surface area contributed by atoms with Crippen LogP contribution in [0.15, 0.2) is 23.1 Å². The zero-order chi connectivity index (χ0) is 14.8. The minimum absolute atomic E-state index is 0.0270. The molecule has 0 atom stereocenters. The third kappa shape index (κ3) is 3.31. The van der Waals surface area contributed by atoms with Gasteiger partial charge in [-0.3, -0.25) is 0 Å². The fourth-order valence-corrected chi connectivity index (χ4v) is 3.74. The van der Waals surface area contributed by atoms with E-state index in [2.05, 4.69) is 11.6 Å². The predicted molar refractivity (Wildman–Crippen MR) is 76.0 cm³/mol. The van der Waals surface area contributed by atoms with E-state index >= 15 is 0 Å². The van der Waals surface area contributed by atoms with Gasteiger partial charge in [-0.2, -0.15) is 0 Å². The van der Waals surface area contributed by atoms with Crippen molar-refractivity contribution in [2.75, 3.05) is 6.61 Å². The summed E-state index contributed by atoms with van der Waals surface area (Å²) in [4.78, 5) is 0.171. The lowest BCUT2D eigenvalue weighted by Gasteiger charge is -2.32. The molecule has 0 saturated heterocycles. The number of sulfonamides is 1. The molecule has 1 aliphatic rings. The Hall–Kier alpha value is -1.11. The quantitative estimate of drug-likeness (QED) is 0.837. The van der Waals surface area contributed by atoms with Crippen LogP contribution in [0.25, 0.3) is 0 Å². The average Bonchev–Trinajstić information content (AvgIpc) is 2.37. The summed E-state index contributed by atoms with van der Waals surface area (Å²) in [5.41, 5.74) is 0.483. The van der Waals surface area contributed by atoms with Gasteiger partial charge in [0.1, 0.15) is 5.75 Å². The van der Waals surface area contributed by atoms with E-state index in [-0.39, 0.29) is 17.5 Å². The van der Waals surface area contributed by atoms with Crippen LogP contribution in [-0.2, 0) is 16.6 Å². The second kappa shape index (κ2) is 6.11. The molecule has 6 heteroatoms. The van der Waals surface area contributed by atoms with Crippen molar-refractivity contribution < 1.29 is 18.3 Å². The predicted octanol–water partition coefficient (Wildman–Crippen LogP) is 1.65. The Balaban J connectivity index is 2.18. The third-order valence-electron chi connectivity index (χ3n) is 3.51. The molecular weight excluding hydrogens is 278 g/mol. The molecule has 112 valence electrons. The lowest BCUT2D eigenvalue weighted by atomic mass is 9.83. The van der Waals surface area contributed by atoms with Crippen molar-refractivity contribution in [3.8, 4) is 5.75 Å². The van der Waals surface area contributed by atoms with Crippen molar-refractivity contribution in [3.63, 3.8) is 0 Å². The molecule has 0 unspecified atom stereocenters. The molecule has 2 N–H and O–H groups in total. The van der Waals surface area contributed by atoms with Gasteiger partial charge in [-0.1, -0.05) is 6.92 Å². The molecule has 0 bridgehead atoms. The normalized spacial score (nSPS) is 22.4. The van der Waals surface area contributed by atoms with Crippen molar-refractivity contribution in [2.24, 2.45) is 5.92 Å². The lowest BCUT2D eigenvalue weighted by molar-refractivity contribution is 0.266. The highest BCUT2D eigenvalue weighted by Gasteiger charge is 2.30. The van der Waals surface area contributed by atoms with E-state index in [0.29, 0.717) is 23.8 Å². The van der Waals surface area contributed by atoms with Crippen molar-refractivity contribution in [2.45, 2.75) is 44.2 Å². The molecule has 0 aromatic heterocycles. The van der Waals surface area contributed by atoms with Gasteiger partial charge >= 0.3 is 0 Å². The van der Waals surface area contributed by atoms with Crippen LogP contribution in [0.4, 0.5) is 0 Å². The highest BCUT2D eigenvalue weighted by atomic mass is 32.2. The fraction of sp³-hybridized carbons (Fsp3) is 0.571. The van der Waals surface area contributed by atoms with Gasteiger partial charge in [-0.25, -0.2) is 13.1 Å². The first kappa shape index (κ1) is 15.3. The first-order valence-corrected chi connectivity index (χ1v) is 8.33. The van der Waals surface area contributed by atoms with Crippen LogP contribution in [0.5, 0.6) is 5.75 Å². The number of rotatable bonds is 6. The van der Waals surface area contributed by atoms with Gasteiger partial charge in [-0.15, -0.1) is 0 Å². The summed E-state index contributed by atoms with van der Waals surface area (Å²) in [6.07, 6.45) is 1.76. The molecular formula is C14H21NO4S. The Labute approximate surface area is 120 Å². The number of hydrogen-bond acceptors (Lipinski definition) is 4. The smallest absolute Gasteiger partial charge is 0.240 e. The lowest BCUT2D eigenvalue weighted by Crippen LogP contribution is -2.43. The van der Waals surface area contributed by atoms with E-state index in [1.54, 1.807) is 6.07 Å². The molecule has 0 radical (unpaired) electrons. The molecule has 0 heterocycles. The first-order chi connectivity index (χ1) is 9.46. The molecule has 1 aliphatic carbocycles. The van der Waals surface area contributed by atoms with Gasteiger partial charge in [0.25, 0.3) is 0 Å². The zero-order valence-corrected chi connectivity index (χ0v) is 12.6. The molecule has 0 aliphatic heterocycles. The maximum Gasteiger partial charge on any atom is 0.240 e. The Morgan fingerprint density at radius 2 is 2.10 bits per heavy atom. The summed E-state index contributed by atoms with van der Waals surface area (Å²) in [6.45, 7) is 4.16. The van der Waals surface area contributed by atoms with Gasteiger partial charge in [-0.05, 0) is 43.9 Å². The van der Waals surface area contributed by atoms with Crippen LogP contribution < -0.4 is 9.46 Å². The number of nitrogens with one attached hydrogen (secondary N) is 1. The van der Waals surface area contributed by atoms with Crippen LogP contribution in [0.1, 0.15) is 32.3 Å². The van der Waals surface area contributed by atoms with Gasteiger partial charge in [0.05, 0.1) is 18.1 Å². The van der Waals surface area contributed by atoms with Crippen molar-refractivity contribution in [3.05, 3.63) is 23.8 Å². The summed E-state index contributed by atoms with van der Waals surface area (Å²) < 4.78 is 32.5. The summed E-state index contributed by atoms with van der Waals surface area (Å²) in [7, 11) is -3.52. The molecule has 0 spiro atoms. The average molecular weight is 299 g/mol. The maximum atomic E-state index is 12.2. The van der Waals surface area contributed by atoms with Crippen LogP contribution in [0, 0.1) is 5.92 Å². The Morgan fingerprint density at radius 3 is 2.65 bits per heavy atom. The highest BCUT2D eigenvalue weighted by molar-refractivity contribution is 7.89. The number of ether oxygens (including phenoxy) is 1. The Kier molecular flexibility index (Phi) is 4.67. The van der Waals surface area contributed by atoms with Crippen LogP contribution in [0.3, 0.4) is 0 Å². The molecule has 20 heavy (non-hydrogen) atoms. The standard InChI is InChI=1S/C14H21NO4S/c1-3-19-14-5-4-13(8-11(14)9-16)20(17,18)15-12-6-10(2)7-12/h4-5,8,10,12,15-16H,3,6-7,9H2,1-2H3. The molecule has 2 rings (SSSR count). The summed E-state index contributed by atoms with van der Waals surface area (Å²) in [5, 5.41) is 9.31. The summed E-state index contributed by atoms with van der Waals surface area (Å²) in [6, 6.07) is 4.59. The van der Waals surface area contributed by atoms with E-state index in [0.717, 1.165) is 12.8 Å². The second-order valence-corrected chi connectivity index (χ2v) is 6.97. The van der Waals surface area contributed by atoms with E-state index < -0.39 is 10.0 Å². The molecule has 1 fully saturated rings. The zero-order valence-electron chi connectivity index (χ0n) is 11.8. The summed E-state index contributed by atoms with van der Waals surface area (Å²) >= 11 is 0. The van der Waals surface area contributed by atoms with E-state index in [1.165, 1.54) is 12.1 Å². The largest absolute Gasteiger partial charge is 0.494 e. The Bertz CT molecular complexity index is 565. The van der Waals surface area contributed by atoms with Gasteiger partial charge < -0.3 is 9.84 Å². The minimum Gasteiger partial charge on any atom is -0.494 e. The molecule has 0 amide bonds. The number of aliphatic hydroxyl groups excluding tert-OH is 1. The highest BCUT2D eigenvalue weighted by Crippen LogP contribution is 2.29. The molecule has 1 aromatic rings. The first-order valence-electron chi connectivity index (χ1n) is 6.85. The number of hydrogen-bond donors (Lipinski definition) is 2. The maximum absolute atomic E-state index is 12.2. The van der Waals surface area contributed by atoms with E-state index in [1.807, 2.05) is 6.92 Å². The van der Waals surface area contributed by atoms with Crippen molar-refractivity contribution >= 4 is 10.0 Å². The van der Waals surface area contributed by atoms with Gasteiger partial charge in [0.2, 0.25) is 10.0 Å². The van der Waals surface area contributed by atoms with Gasteiger partial charge in [0, 0.05) is 11.6 Å². The van der Waals surface area contributed by atoms with Crippen LogP contribution >= 0.6 is 0 Å². The topological polar surface area (TPSA) is 75.6 Å². The van der Waals surface area contributed by atoms with Crippen molar-refractivity contribution in [1.82, 2.24) is 4.72 Å². The Morgan fingerprint density at radius 1 is 1.40 bits per heavy atom. The van der Waals surface area contributed by atoms with E-state index in [9.17, 15) is 13.5 Å². The monoisotopic (exact) mass is 299 g/mol. The SMILES string of the molecule is CCOc1ccc(S(=O)(=O)NC2CC(C)C2)cc1CO. The fourth-order valence-electron chi connectivity index (χ4n) is 2.43. The molecule has 5 nitrogen and oxygen atoms in total. The number of aliphatic hydroxyl groups is 1. The molecule has 1 aromatic carbocycles. The minimum atomic E-state index is -3.52. The third-order valence-corrected chi connectivity index (χ3v) is 5.03. The van der Waals surface area contributed by atoms with Crippen molar-refractivity contribution in [1.29, 1.82) is 0 Å². The van der Waals surface area contributed by atoms with Crippen LogP contribution in [-0.4, -0.2) is 26.2 Å². The molecule has 1 saturated carbocycles. The number of benzene rings is 1. The summed E-state index contributed by atoms with van der Waals surface area (Å²) in [5.74, 6) is 1.10.